The molecule has 1 rings (SSSR count). The van der Waals surface area contributed by atoms with Crippen LogP contribution < -0.4 is 0 Å². The third-order valence-corrected chi connectivity index (χ3v) is 2.99. The molecule has 0 bridgehead atoms. The van der Waals surface area contributed by atoms with Crippen LogP contribution in [-0.4, -0.2) is 0 Å². The zero-order chi connectivity index (χ0) is 8.81. The summed E-state index contributed by atoms with van der Waals surface area (Å²) in [7, 11) is 0. The first-order chi connectivity index (χ1) is 5.88. The van der Waals surface area contributed by atoms with Gasteiger partial charge in [-0.3, -0.25) is 0 Å². The highest BCUT2D eigenvalue weighted by Gasteiger charge is 2.01. The van der Waals surface area contributed by atoms with Crippen LogP contribution in [0.5, 0.6) is 0 Å². The number of unbranched alkanes of at least 4 members (excludes halogenated alkanes) is 1. The van der Waals surface area contributed by atoms with Crippen LogP contribution in [0.15, 0.2) is 10.8 Å². The largest absolute Gasteiger partial charge is 0.152 e. The fraction of sp³-hybridized carbons (Fsp3) is 0.636. The van der Waals surface area contributed by atoms with Gasteiger partial charge in [-0.25, -0.2) is 0 Å². The molecule has 0 saturated carbocycles. The van der Waals surface area contributed by atoms with E-state index >= 15 is 0 Å². The van der Waals surface area contributed by atoms with Crippen molar-refractivity contribution < 1.29 is 0 Å². The SMILES string of the molecule is CCCCc1cscc1CCC. The van der Waals surface area contributed by atoms with E-state index in [0.29, 0.717) is 0 Å². The monoisotopic (exact) mass is 182 g/mol. The molecule has 68 valence electrons. The third kappa shape index (κ3) is 2.63. The van der Waals surface area contributed by atoms with Crippen LogP contribution in [-0.2, 0) is 12.8 Å². The number of rotatable bonds is 5. The van der Waals surface area contributed by atoms with E-state index in [4.69, 9.17) is 0 Å². The summed E-state index contributed by atoms with van der Waals surface area (Å²) in [6, 6.07) is 0. The van der Waals surface area contributed by atoms with Crippen LogP contribution >= 0.6 is 11.3 Å². The Bertz CT molecular complexity index is 213. The highest BCUT2D eigenvalue weighted by atomic mass is 32.1. The van der Waals surface area contributed by atoms with Gasteiger partial charge in [0.2, 0.25) is 0 Å². The van der Waals surface area contributed by atoms with Crippen LogP contribution in [0.3, 0.4) is 0 Å². The molecule has 1 heterocycles. The van der Waals surface area contributed by atoms with Crippen LogP contribution in [0.1, 0.15) is 44.2 Å². The van der Waals surface area contributed by atoms with Crippen molar-refractivity contribution in [3.05, 3.63) is 21.9 Å². The molecule has 0 N–H and O–H groups in total. The molecule has 1 aromatic heterocycles. The smallest absolute Gasteiger partial charge is 0.00584 e. The van der Waals surface area contributed by atoms with E-state index < -0.39 is 0 Å². The lowest BCUT2D eigenvalue weighted by molar-refractivity contribution is 0.784. The van der Waals surface area contributed by atoms with Gasteiger partial charge in [0.25, 0.3) is 0 Å². The predicted octanol–water partition coefficient (Wildman–Crippen LogP) is 4.04. The predicted molar refractivity (Wildman–Crippen MR) is 56.9 cm³/mol. The normalized spacial score (nSPS) is 10.5. The zero-order valence-electron chi connectivity index (χ0n) is 8.10. The van der Waals surface area contributed by atoms with Crippen molar-refractivity contribution in [3.8, 4) is 0 Å². The van der Waals surface area contributed by atoms with Gasteiger partial charge >= 0.3 is 0 Å². The van der Waals surface area contributed by atoms with Gasteiger partial charge in [-0.15, -0.1) is 0 Å². The molecule has 0 nitrogen and oxygen atoms in total. The summed E-state index contributed by atoms with van der Waals surface area (Å²) in [6.45, 7) is 4.51. The van der Waals surface area contributed by atoms with Crippen molar-refractivity contribution >= 4 is 11.3 Å². The minimum Gasteiger partial charge on any atom is -0.152 e. The molecule has 0 amide bonds. The average molecular weight is 182 g/mol. The minimum atomic E-state index is 1.27. The first-order valence-corrected chi connectivity index (χ1v) is 5.86. The van der Waals surface area contributed by atoms with Crippen molar-refractivity contribution in [3.63, 3.8) is 0 Å². The van der Waals surface area contributed by atoms with Crippen molar-refractivity contribution in [1.29, 1.82) is 0 Å². The van der Waals surface area contributed by atoms with Crippen molar-refractivity contribution in [2.45, 2.75) is 46.0 Å². The molecule has 0 aromatic carbocycles. The maximum absolute atomic E-state index is 2.32. The summed E-state index contributed by atoms with van der Waals surface area (Å²) >= 11 is 1.86. The molecule has 0 spiro atoms. The Hall–Kier alpha value is -0.300. The first kappa shape index (κ1) is 9.79. The van der Waals surface area contributed by atoms with Crippen molar-refractivity contribution in [1.82, 2.24) is 0 Å². The lowest BCUT2D eigenvalue weighted by Gasteiger charge is -2.00. The van der Waals surface area contributed by atoms with E-state index in [9.17, 15) is 0 Å². The lowest BCUT2D eigenvalue weighted by Crippen LogP contribution is -1.88. The lowest BCUT2D eigenvalue weighted by atomic mass is 10.0. The average Bonchev–Trinajstić information content (AvgIpc) is 2.50. The van der Waals surface area contributed by atoms with E-state index in [0.717, 1.165) is 0 Å². The Morgan fingerprint density at radius 1 is 1.00 bits per heavy atom. The molecule has 1 heteroatoms. The third-order valence-electron chi connectivity index (χ3n) is 2.15. The molecule has 0 saturated heterocycles. The van der Waals surface area contributed by atoms with Crippen molar-refractivity contribution in [2.75, 3.05) is 0 Å². The number of hydrogen-bond donors (Lipinski definition) is 0. The molecule has 0 radical (unpaired) electrons. The molecule has 12 heavy (non-hydrogen) atoms. The summed E-state index contributed by atoms with van der Waals surface area (Å²) in [5.41, 5.74) is 3.19. The Morgan fingerprint density at radius 2 is 1.67 bits per heavy atom. The van der Waals surface area contributed by atoms with Gasteiger partial charge in [-0.2, -0.15) is 11.3 Å². The van der Waals surface area contributed by atoms with Gasteiger partial charge in [0.15, 0.2) is 0 Å². The molecular formula is C11H18S. The standard InChI is InChI=1S/C11H18S/c1-3-5-7-11-9-12-8-10(11)6-4-2/h8-9H,3-7H2,1-2H3. The molecular weight excluding hydrogens is 164 g/mol. The summed E-state index contributed by atoms with van der Waals surface area (Å²) in [5, 5.41) is 4.63. The molecule has 1 aromatic rings. The van der Waals surface area contributed by atoms with Gasteiger partial charge in [-0.05, 0) is 41.1 Å². The summed E-state index contributed by atoms with van der Waals surface area (Å²) in [5.74, 6) is 0. The Morgan fingerprint density at radius 3 is 2.25 bits per heavy atom. The number of hydrogen-bond acceptors (Lipinski definition) is 1. The zero-order valence-corrected chi connectivity index (χ0v) is 8.91. The van der Waals surface area contributed by atoms with Crippen molar-refractivity contribution in [2.24, 2.45) is 0 Å². The highest BCUT2D eigenvalue weighted by Crippen LogP contribution is 2.18. The Kier molecular flexibility index (Phi) is 4.37. The second-order valence-electron chi connectivity index (χ2n) is 3.28. The Balaban J connectivity index is 2.51. The van der Waals surface area contributed by atoms with Gasteiger partial charge < -0.3 is 0 Å². The quantitative estimate of drug-likeness (QED) is 0.644. The summed E-state index contributed by atoms with van der Waals surface area (Å²) in [6.07, 6.45) is 6.47. The molecule has 0 aliphatic rings. The molecule has 0 fully saturated rings. The van der Waals surface area contributed by atoms with Crippen LogP contribution in [0.25, 0.3) is 0 Å². The van der Waals surface area contributed by atoms with Crippen LogP contribution in [0.2, 0.25) is 0 Å². The molecule has 0 aliphatic carbocycles. The van der Waals surface area contributed by atoms with Gasteiger partial charge in [0.05, 0.1) is 0 Å². The van der Waals surface area contributed by atoms with E-state index in [1.807, 2.05) is 11.3 Å². The van der Waals surface area contributed by atoms with E-state index in [-0.39, 0.29) is 0 Å². The summed E-state index contributed by atoms with van der Waals surface area (Å²) in [4.78, 5) is 0. The topological polar surface area (TPSA) is 0 Å². The second-order valence-corrected chi connectivity index (χ2v) is 4.02. The van der Waals surface area contributed by atoms with Gasteiger partial charge in [0.1, 0.15) is 0 Å². The molecule has 0 unspecified atom stereocenters. The maximum Gasteiger partial charge on any atom is -0.00584 e. The fourth-order valence-corrected chi connectivity index (χ4v) is 2.36. The van der Waals surface area contributed by atoms with Crippen LogP contribution in [0, 0.1) is 0 Å². The van der Waals surface area contributed by atoms with E-state index in [1.165, 1.54) is 32.1 Å². The summed E-state index contributed by atoms with van der Waals surface area (Å²) < 4.78 is 0. The first-order valence-electron chi connectivity index (χ1n) is 4.92. The number of thiophene rings is 1. The van der Waals surface area contributed by atoms with E-state index in [2.05, 4.69) is 24.6 Å². The van der Waals surface area contributed by atoms with Gasteiger partial charge in [0, 0.05) is 0 Å². The maximum atomic E-state index is 2.32. The fourth-order valence-electron chi connectivity index (χ4n) is 1.43. The second kappa shape index (κ2) is 5.36. The van der Waals surface area contributed by atoms with Gasteiger partial charge in [-0.1, -0.05) is 26.7 Å². The number of aryl methyl sites for hydroxylation is 2. The highest BCUT2D eigenvalue weighted by molar-refractivity contribution is 7.08. The molecule has 0 atom stereocenters. The van der Waals surface area contributed by atoms with E-state index in [1.54, 1.807) is 11.1 Å². The minimum absolute atomic E-state index is 1.27. The molecule has 0 aliphatic heterocycles. The Labute approximate surface area is 79.6 Å². The van der Waals surface area contributed by atoms with Crippen LogP contribution in [0.4, 0.5) is 0 Å².